The van der Waals surface area contributed by atoms with Crippen LogP contribution in [0.1, 0.15) is 29.9 Å². The first-order valence-corrected chi connectivity index (χ1v) is 9.19. The molecule has 0 bridgehead atoms. The predicted molar refractivity (Wildman–Crippen MR) is 110 cm³/mol. The number of phenols is 1. The summed E-state index contributed by atoms with van der Waals surface area (Å²) in [6.45, 7) is 4.78. The Balaban J connectivity index is 1.65. The monoisotopic (exact) mass is 394 g/mol. The number of aromatic nitrogens is 2. The number of H-pyrrole nitrogens is 1. The highest BCUT2D eigenvalue weighted by Gasteiger charge is 2.11. The van der Waals surface area contributed by atoms with Crippen molar-refractivity contribution in [3.8, 4) is 28.5 Å². The van der Waals surface area contributed by atoms with Crippen LogP contribution < -0.4 is 14.9 Å². The van der Waals surface area contributed by atoms with Gasteiger partial charge in [-0.1, -0.05) is 6.07 Å². The lowest BCUT2D eigenvalue weighted by molar-refractivity contribution is 0.0950. The average Bonchev–Trinajstić information content (AvgIpc) is 3.22. The minimum Gasteiger partial charge on any atom is -0.504 e. The van der Waals surface area contributed by atoms with E-state index in [-0.39, 0.29) is 11.4 Å². The molecule has 0 saturated heterocycles. The second-order valence-corrected chi connectivity index (χ2v) is 5.95. The molecule has 3 aromatic rings. The molecule has 0 unspecified atom stereocenters. The van der Waals surface area contributed by atoms with Crippen LogP contribution in [0.2, 0.25) is 0 Å². The minimum atomic E-state index is -0.452. The number of amides is 1. The maximum Gasteiger partial charge on any atom is 0.289 e. The third-order valence-corrected chi connectivity index (χ3v) is 3.98. The van der Waals surface area contributed by atoms with Gasteiger partial charge < -0.3 is 14.6 Å². The summed E-state index contributed by atoms with van der Waals surface area (Å²) >= 11 is 0. The number of aromatic amines is 1. The third-order valence-electron chi connectivity index (χ3n) is 3.98. The molecule has 29 heavy (non-hydrogen) atoms. The van der Waals surface area contributed by atoms with Crippen LogP contribution in [0, 0.1) is 0 Å². The molecule has 0 spiro atoms. The Bertz CT molecular complexity index is 996. The lowest BCUT2D eigenvalue weighted by atomic mass is 10.1. The van der Waals surface area contributed by atoms with Crippen molar-refractivity contribution in [2.75, 3.05) is 13.2 Å². The number of nitrogens with zero attached hydrogens (tertiary/aromatic N) is 2. The number of aromatic hydroxyl groups is 1. The molecular formula is C21H22N4O4. The Hall–Kier alpha value is -3.81. The van der Waals surface area contributed by atoms with E-state index in [0.29, 0.717) is 30.2 Å². The number of benzene rings is 2. The molecule has 0 saturated carbocycles. The van der Waals surface area contributed by atoms with Crippen molar-refractivity contribution in [2.24, 2.45) is 5.10 Å². The van der Waals surface area contributed by atoms with Crippen molar-refractivity contribution in [1.82, 2.24) is 15.6 Å². The lowest BCUT2D eigenvalue weighted by Crippen LogP contribution is -2.18. The molecule has 0 aliphatic carbocycles. The number of rotatable bonds is 8. The smallest absolute Gasteiger partial charge is 0.289 e. The molecule has 0 fully saturated rings. The largest absolute Gasteiger partial charge is 0.504 e. The van der Waals surface area contributed by atoms with Crippen molar-refractivity contribution < 1.29 is 19.4 Å². The van der Waals surface area contributed by atoms with Crippen molar-refractivity contribution >= 4 is 12.1 Å². The Morgan fingerprint density at radius 2 is 1.93 bits per heavy atom. The van der Waals surface area contributed by atoms with Gasteiger partial charge in [0.25, 0.3) is 5.91 Å². The molecule has 3 N–H and O–H groups in total. The molecule has 0 aliphatic rings. The number of ether oxygens (including phenoxy) is 2. The summed E-state index contributed by atoms with van der Waals surface area (Å²) in [4.78, 5) is 12.3. The molecular weight excluding hydrogens is 372 g/mol. The first-order chi connectivity index (χ1) is 14.1. The fourth-order valence-corrected chi connectivity index (χ4v) is 2.61. The molecule has 1 heterocycles. The molecule has 1 aromatic heterocycles. The highest BCUT2D eigenvalue weighted by atomic mass is 16.5. The van der Waals surface area contributed by atoms with Crippen LogP contribution in [0.4, 0.5) is 0 Å². The van der Waals surface area contributed by atoms with E-state index in [1.165, 1.54) is 6.21 Å². The summed E-state index contributed by atoms with van der Waals surface area (Å²) in [5.41, 5.74) is 4.57. The fraction of sp³-hybridized carbons (Fsp3) is 0.190. The number of hydrogen-bond acceptors (Lipinski definition) is 6. The van der Waals surface area contributed by atoms with Gasteiger partial charge in [-0.05, 0) is 56.3 Å². The normalized spacial score (nSPS) is 10.8. The molecule has 8 heteroatoms. The number of carbonyl (C=O) groups is 1. The van der Waals surface area contributed by atoms with Crippen molar-refractivity contribution in [3.63, 3.8) is 0 Å². The summed E-state index contributed by atoms with van der Waals surface area (Å²) in [6.07, 6.45) is 1.35. The summed E-state index contributed by atoms with van der Waals surface area (Å²) in [7, 11) is 0. The van der Waals surface area contributed by atoms with E-state index in [4.69, 9.17) is 9.47 Å². The van der Waals surface area contributed by atoms with Gasteiger partial charge in [0.2, 0.25) is 0 Å². The zero-order chi connectivity index (χ0) is 20.6. The molecule has 0 radical (unpaired) electrons. The highest BCUT2D eigenvalue weighted by molar-refractivity contribution is 5.94. The Labute approximate surface area is 168 Å². The summed E-state index contributed by atoms with van der Waals surface area (Å²) in [6, 6.07) is 14.1. The number of nitrogens with one attached hydrogen (secondary N) is 2. The van der Waals surface area contributed by atoms with Gasteiger partial charge in [0, 0.05) is 11.1 Å². The minimum absolute atomic E-state index is 0.0355. The zero-order valence-corrected chi connectivity index (χ0v) is 16.2. The summed E-state index contributed by atoms with van der Waals surface area (Å²) < 4.78 is 10.7. The first-order valence-electron chi connectivity index (χ1n) is 9.19. The van der Waals surface area contributed by atoms with Gasteiger partial charge in [-0.3, -0.25) is 9.89 Å². The van der Waals surface area contributed by atoms with Crippen molar-refractivity contribution in [3.05, 3.63) is 59.8 Å². The maximum atomic E-state index is 12.3. The standard InChI is InChI=1S/C21H22N4O4/c1-3-28-16-10-8-14(9-11-16)17-12-18(24-23-17)21(27)25-22-13-15-6-5-7-19(20(15)26)29-4-2/h5-13,26H,3-4H2,1-2H3,(H,23,24)(H,25,27)/b22-13-. The summed E-state index contributed by atoms with van der Waals surface area (Å²) in [5, 5.41) is 20.9. The van der Waals surface area contributed by atoms with E-state index in [0.717, 1.165) is 11.3 Å². The Morgan fingerprint density at radius 1 is 1.17 bits per heavy atom. The van der Waals surface area contributed by atoms with E-state index in [2.05, 4.69) is 20.7 Å². The van der Waals surface area contributed by atoms with Crippen LogP contribution in [-0.4, -0.2) is 40.6 Å². The Morgan fingerprint density at radius 3 is 2.66 bits per heavy atom. The molecule has 0 atom stereocenters. The van der Waals surface area contributed by atoms with E-state index < -0.39 is 5.91 Å². The van der Waals surface area contributed by atoms with Crippen LogP contribution in [0.15, 0.2) is 53.6 Å². The Kier molecular flexibility index (Phi) is 6.47. The topological polar surface area (TPSA) is 109 Å². The number of phenolic OH excluding ortho intramolecular Hbond substituents is 1. The molecule has 1 amide bonds. The van der Waals surface area contributed by atoms with Gasteiger partial charge in [0.05, 0.1) is 25.1 Å². The highest BCUT2D eigenvalue weighted by Crippen LogP contribution is 2.28. The second kappa shape index (κ2) is 9.41. The van der Waals surface area contributed by atoms with E-state index in [1.54, 1.807) is 24.3 Å². The van der Waals surface area contributed by atoms with Crippen molar-refractivity contribution in [2.45, 2.75) is 13.8 Å². The average molecular weight is 394 g/mol. The quantitative estimate of drug-likeness (QED) is 0.401. The SMILES string of the molecule is CCOc1ccc(-c2cc(C(=O)N/N=C\c3cccc(OCC)c3O)[nH]n2)cc1. The number of para-hydroxylation sites is 1. The van der Waals surface area contributed by atoms with Crippen LogP contribution in [0.25, 0.3) is 11.3 Å². The van der Waals surface area contributed by atoms with Crippen LogP contribution in [-0.2, 0) is 0 Å². The van der Waals surface area contributed by atoms with Crippen LogP contribution >= 0.6 is 0 Å². The molecule has 2 aromatic carbocycles. The molecule has 8 nitrogen and oxygen atoms in total. The first kappa shape index (κ1) is 19.9. The zero-order valence-electron chi connectivity index (χ0n) is 16.2. The third kappa shape index (κ3) is 4.92. The summed E-state index contributed by atoms with van der Waals surface area (Å²) in [5.74, 6) is 0.644. The fourth-order valence-electron chi connectivity index (χ4n) is 2.61. The second-order valence-electron chi connectivity index (χ2n) is 5.95. The van der Waals surface area contributed by atoms with Gasteiger partial charge in [-0.15, -0.1) is 0 Å². The lowest BCUT2D eigenvalue weighted by Gasteiger charge is -2.07. The van der Waals surface area contributed by atoms with Gasteiger partial charge in [0.15, 0.2) is 11.5 Å². The maximum absolute atomic E-state index is 12.3. The van der Waals surface area contributed by atoms with Gasteiger partial charge in [-0.25, -0.2) is 5.43 Å². The number of carbonyl (C=O) groups excluding carboxylic acids is 1. The number of hydrogen-bond donors (Lipinski definition) is 3. The number of hydrazone groups is 1. The van der Waals surface area contributed by atoms with Gasteiger partial charge in [-0.2, -0.15) is 10.2 Å². The predicted octanol–water partition coefficient (Wildman–Crippen LogP) is 3.34. The van der Waals surface area contributed by atoms with Crippen LogP contribution in [0.3, 0.4) is 0 Å². The van der Waals surface area contributed by atoms with Crippen molar-refractivity contribution in [1.29, 1.82) is 0 Å². The molecule has 150 valence electrons. The van der Waals surface area contributed by atoms with E-state index in [9.17, 15) is 9.90 Å². The van der Waals surface area contributed by atoms with E-state index in [1.807, 2.05) is 38.1 Å². The van der Waals surface area contributed by atoms with E-state index >= 15 is 0 Å². The van der Waals surface area contributed by atoms with Gasteiger partial charge in [0.1, 0.15) is 11.4 Å². The van der Waals surface area contributed by atoms with Crippen LogP contribution in [0.5, 0.6) is 17.2 Å². The molecule has 0 aliphatic heterocycles. The molecule has 3 rings (SSSR count). The van der Waals surface area contributed by atoms with Gasteiger partial charge >= 0.3 is 0 Å².